The largest absolute Gasteiger partial charge is 0.396 e. The van der Waals surface area contributed by atoms with Crippen molar-refractivity contribution >= 4 is 0 Å². The van der Waals surface area contributed by atoms with Crippen LogP contribution in [0, 0.1) is 5.41 Å². The molecule has 0 aromatic carbocycles. The minimum Gasteiger partial charge on any atom is -0.396 e. The maximum atomic E-state index is 9.18. The van der Waals surface area contributed by atoms with Crippen LogP contribution < -0.4 is 5.73 Å². The van der Waals surface area contributed by atoms with Gasteiger partial charge in [-0.15, -0.1) is 0 Å². The minimum absolute atomic E-state index is 0.115. The molecule has 0 aromatic rings. The molecule has 2 nitrogen and oxygen atoms in total. The molecular formula is C9H21NO. The van der Waals surface area contributed by atoms with Crippen molar-refractivity contribution in [1.82, 2.24) is 0 Å². The van der Waals surface area contributed by atoms with E-state index in [0.717, 1.165) is 25.7 Å². The average Bonchev–Trinajstić information content (AvgIpc) is 2.04. The molecule has 0 radical (unpaired) electrons. The molecule has 3 N–H and O–H groups in total. The minimum atomic E-state index is 0.115. The normalized spacial score (nSPS) is 16.4. The average molecular weight is 159 g/mol. The van der Waals surface area contributed by atoms with Crippen LogP contribution in [-0.2, 0) is 0 Å². The first kappa shape index (κ1) is 10.9. The maximum absolute atomic E-state index is 9.18. The van der Waals surface area contributed by atoms with E-state index in [1.165, 1.54) is 0 Å². The van der Waals surface area contributed by atoms with Crippen LogP contribution in [0.5, 0.6) is 0 Å². The molecule has 0 spiro atoms. The molecule has 2 heteroatoms. The second-order valence-electron chi connectivity index (χ2n) is 3.30. The molecule has 0 saturated heterocycles. The summed E-state index contributed by atoms with van der Waals surface area (Å²) in [6, 6.07) is 0. The molecule has 0 aromatic heterocycles. The van der Waals surface area contributed by atoms with Gasteiger partial charge in [0, 0.05) is 6.61 Å². The van der Waals surface area contributed by atoms with Gasteiger partial charge in [0.05, 0.1) is 0 Å². The van der Waals surface area contributed by atoms with Gasteiger partial charge in [-0.25, -0.2) is 0 Å². The van der Waals surface area contributed by atoms with Gasteiger partial charge in [-0.3, -0.25) is 0 Å². The third-order valence-electron chi connectivity index (χ3n) is 2.54. The van der Waals surface area contributed by atoms with Crippen LogP contribution in [0.15, 0.2) is 0 Å². The Morgan fingerprint density at radius 2 is 1.91 bits per heavy atom. The quantitative estimate of drug-likeness (QED) is 0.617. The summed E-state index contributed by atoms with van der Waals surface area (Å²) in [6.07, 6.45) is 4.22. The fourth-order valence-electron chi connectivity index (χ4n) is 1.58. The summed E-state index contributed by atoms with van der Waals surface area (Å²) < 4.78 is 0. The first-order valence-corrected chi connectivity index (χ1v) is 4.55. The number of aliphatic hydroxyl groups excluding tert-OH is 1. The number of aliphatic hydroxyl groups is 1. The van der Waals surface area contributed by atoms with Crippen LogP contribution in [0.2, 0.25) is 0 Å². The van der Waals surface area contributed by atoms with Crippen LogP contribution in [0.25, 0.3) is 0 Å². The van der Waals surface area contributed by atoms with E-state index in [4.69, 9.17) is 5.73 Å². The molecule has 0 aliphatic rings. The molecule has 0 rings (SSSR count). The van der Waals surface area contributed by atoms with Gasteiger partial charge >= 0.3 is 0 Å². The number of nitrogens with two attached hydrogens (primary N) is 1. The molecule has 1 unspecified atom stereocenters. The van der Waals surface area contributed by atoms with Gasteiger partial charge in [-0.05, 0) is 31.2 Å². The Bertz CT molecular complexity index is 81.6. The van der Waals surface area contributed by atoms with Crippen molar-refractivity contribution in [1.29, 1.82) is 0 Å². The van der Waals surface area contributed by atoms with Crippen LogP contribution in [0.4, 0.5) is 0 Å². The Kier molecular flexibility index (Phi) is 5.51. The van der Waals surface area contributed by atoms with E-state index in [2.05, 4.69) is 13.8 Å². The highest BCUT2D eigenvalue weighted by Crippen LogP contribution is 2.30. The van der Waals surface area contributed by atoms with Gasteiger partial charge in [0.25, 0.3) is 0 Å². The zero-order chi connectivity index (χ0) is 8.74. The van der Waals surface area contributed by atoms with Crippen molar-refractivity contribution in [3.8, 4) is 0 Å². The van der Waals surface area contributed by atoms with Gasteiger partial charge < -0.3 is 10.8 Å². The summed E-state index contributed by atoms with van der Waals surface area (Å²) in [6.45, 7) is 5.25. The van der Waals surface area contributed by atoms with Crippen molar-refractivity contribution in [3.05, 3.63) is 0 Å². The molecule has 0 heterocycles. The summed E-state index contributed by atoms with van der Waals surface area (Å²) >= 11 is 0. The van der Waals surface area contributed by atoms with Crippen LogP contribution in [0.1, 0.15) is 39.5 Å². The van der Waals surface area contributed by atoms with Gasteiger partial charge in [0.1, 0.15) is 0 Å². The summed E-state index contributed by atoms with van der Waals surface area (Å²) in [7, 11) is 0. The van der Waals surface area contributed by atoms with Gasteiger partial charge in [0.15, 0.2) is 0 Å². The molecule has 0 aliphatic heterocycles. The van der Waals surface area contributed by atoms with Crippen LogP contribution in [-0.4, -0.2) is 18.3 Å². The zero-order valence-electron chi connectivity index (χ0n) is 7.77. The zero-order valence-corrected chi connectivity index (χ0v) is 7.77. The predicted molar refractivity (Wildman–Crippen MR) is 48.4 cm³/mol. The number of hydrogen-bond acceptors (Lipinski definition) is 2. The summed E-state index contributed by atoms with van der Waals surface area (Å²) in [5, 5.41) is 9.18. The molecule has 1 atom stereocenters. The maximum Gasteiger partial charge on any atom is 0.0487 e. The second-order valence-corrected chi connectivity index (χ2v) is 3.30. The Morgan fingerprint density at radius 1 is 1.27 bits per heavy atom. The highest BCUT2D eigenvalue weighted by Gasteiger charge is 2.24. The first-order chi connectivity index (χ1) is 5.24. The van der Waals surface area contributed by atoms with E-state index in [1.807, 2.05) is 0 Å². The fraction of sp³-hybridized carbons (Fsp3) is 1.00. The molecular weight excluding hydrogens is 138 g/mol. The lowest BCUT2D eigenvalue weighted by Crippen LogP contribution is -2.27. The fourth-order valence-corrected chi connectivity index (χ4v) is 1.58. The monoisotopic (exact) mass is 159 g/mol. The molecule has 0 saturated carbocycles. The van der Waals surface area contributed by atoms with Gasteiger partial charge in [-0.1, -0.05) is 20.3 Å². The highest BCUT2D eigenvalue weighted by molar-refractivity contribution is 4.76. The predicted octanol–water partition coefficient (Wildman–Crippen LogP) is 1.52. The van der Waals surface area contributed by atoms with E-state index in [1.54, 1.807) is 0 Å². The Morgan fingerprint density at radius 3 is 2.18 bits per heavy atom. The molecule has 11 heavy (non-hydrogen) atoms. The summed E-state index contributed by atoms with van der Waals surface area (Å²) in [4.78, 5) is 0. The molecule has 0 aliphatic carbocycles. The Labute approximate surface area is 69.8 Å². The molecule has 68 valence electrons. The second kappa shape index (κ2) is 5.56. The highest BCUT2D eigenvalue weighted by atomic mass is 16.3. The van der Waals surface area contributed by atoms with Crippen LogP contribution in [0.3, 0.4) is 0 Å². The van der Waals surface area contributed by atoms with E-state index < -0.39 is 0 Å². The number of rotatable bonds is 6. The molecule has 0 bridgehead atoms. The first-order valence-electron chi connectivity index (χ1n) is 4.55. The standard InChI is InChI=1S/C9H21NO/c1-3-5-9(4-2,8-11)6-7-10/h11H,3-8,10H2,1-2H3. The lowest BCUT2D eigenvalue weighted by atomic mass is 9.79. The summed E-state index contributed by atoms with van der Waals surface area (Å²) in [5.41, 5.74) is 5.60. The molecule has 0 fully saturated rings. The van der Waals surface area contributed by atoms with E-state index >= 15 is 0 Å². The van der Waals surface area contributed by atoms with E-state index in [0.29, 0.717) is 6.54 Å². The van der Waals surface area contributed by atoms with Crippen molar-refractivity contribution in [2.24, 2.45) is 11.1 Å². The van der Waals surface area contributed by atoms with Crippen molar-refractivity contribution < 1.29 is 5.11 Å². The third kappa shape index (κ3) is 3.21. The van der Waals surface area contributed by atoms with Gasteiger partial charge in [0.2, 0.25) is 0 Å². The van der Waals surface area contributed by atoms with Gasteiger partial charge in [-0.2, -0.15) is 0 Å². The van der Waals surface area contributed by atoms with Crippen molar-refractivity contribution in [3.63, 3.8) is 0 Å². The molecule has 0 amide bonds. The Hall–Kier alpha value is -0.0800. The van der Waals surface area contributed by atoms with Crippen LogP contribution >= 0.6 is 0 Å². The lowest BCUT2D eigenvalue weighted by Gasteiger charge is -2.29. The summed E-state index contributed by atoms with van der Waals surface area (Å²) in [5.74, 6) is 0. The topological polar surface area (TPSA) is 46.2 Å². The number of hydrogen-bond donors (Lipinski definition) is 2. The smallest absolute Gasteiger partial charge is 0.0487 e. The van der Waals surface area contributed by atoms with Crippen molar-refractivity contribution in [2.75, 3.05) is 13.2 Å². The van der Waals surface area contributed by atoms with E-state index in [-0.39, 0.29) is 12.0 Å². The third-order valence-corrected chi connectivity index (χ3v) is 2.54. The van der Waals surface area contributed by atoms with Crippen molar-refractivity contribution in [2.45, 2.75) is 39.5 Å². The van der Waals surface area contributed by atoms with E-state index in [9.17, 15) is 5.11 Å². The Balaban J connectivity index is 3.96. The SMILES string of the molecule is CCCC(CC)(CO)CCN. The lowest BCUT2D eigenvalue weighted by molar-refractivity contribution is 0.102.